The van der Waals surface area contributed by atoms with E-state index in [0.29, 0.717) is 17.8 Å². The third-order valence-corrected chi connectivity index (χ3v) is 5.58. The van der Waals surface area contributed by atoms with Gasteiger partial charge >= 0.3 is 5.97 Å². The Bertz CT molecular complexity index is 1400. The Morgan fingerprint density at radius 2 is 1.97 bits per heavy atom. The van der Waals surface area contributed by atoms with Crippen molar-refractivity contribution in [2.45, 2.75) is 32.4 Å². The zero-order valence-corrected chi connectivity index (χ0v) is 17.2. The lowest BCUT2D eigenvalue weighted by Gasteiger charge is -2.13. The second-order valence-corrected chi connectivity index (χ2v) is 8.01. The molecule has 4 aromatic rings. The minimum absolute atomic E-state index is 0.0411. The molecule has 0 aliphatic heterocycles. The van der Waals surface area contributed by atoms with Crippen LogP contribution in [0.4, 0.5) is 10.1 Å². The average molecular weight is 433 g/mol. The lowest BCUT2D eigenvalue weighted by molar-refractivity contribution is 0.0695. The minimum Gasteiger partial charge on any atom is -0.477 e. The Kier molecular flexibility index (Phi) is 4.73. The highest BCUT2D eigenvalue weighted by molar-refractivity contribution is 5.93. The number of nitrogens with zero attached hydrogens (tertiary/aromatic N) is 4. The zero-order valence-electron chi connectivity index (χ0n) is 17.2. The predicted molar refractivity (Wildman–Crippen MR) is 117 cm³/mol. The summed E-state index contributed by atoms with van der Waals surface area (Å²) in [5.41, 5.74) is 2.28. The fourth-order valence-electron chi connectivity index (χ4n) is 3.70. The first-order valence-electron chi connectivity index (χ1n) is 10.2. The number of hydrogen-bond acceptors (Lipinski definition) is 5. The second-order valence-electron chi connectivity index (χ2n) is 8.01. The lowest BCUT2D eigenvalue weighted by atomic mass is 10.1. The van der Waals surface area contributed by atoms with Crippen molar-refractivity contribution in [3.63, 3.8) is 0 Å². The van der Waals surface area contributed by atoms with Crippen LogP contribution in [-0.2, 0) is 6.54 Å². The van der Waals surface area contributed by atoms with Crippen LogP contribution in [0.3, 0.4) is 0 Å². The van der Waals surface area contributed by atoms with Gasteiger partial charge in [-0.2, -0.15) is 0 Å². The van der Waals surface area contributed by atoms with Gasteiger partial charge in [-0.25, -0.2) is 13.9 Å². The van der Waals surface area contributed by atoms with Crippen molar-refractivity contribution in [1.82, 2.24) is 19.6 Å². The van der Waals surface area contributed by atoms with Crippen molar-refractivity contribution >= 4 is 22.6 Å². The molecule has 1 aliphatic carbocycles. The highest BCUT2D eigenvalue weighted by atomic mass is 19.1. The van der Waals surface area contributed by atoms with Crippen LogP contribution in [0.2, 0.25) is 0 Å². The van der Waals surface area contributed by atoms with Crippen molar-refractivity contribution in [1.29, 1.82) is 0 Å². The molecule has 0 radical (unpaired) electrons. The summed E-state index contributed by atoms with van der Waals surface area (Å²) in [6.45, 7) is 2.42. The van der Waals surface area contributed by atoms with Crippen molar-refractivity contribution < 1.29 is 14.3 Å². The number of carboxylic acid groups (broad SMARTS) is 1. The molecule has 5 rings (SSSR count). The second kappa shape index (κ2) is 7.60. The molecule has 0 amide bonds. The van der Waals surface area contributed by atoms with Gasteiger partial charge in [0.15, 0.2) is 0 Å². The third-order valence-electron chi connectivity index (χ3n) is 5.58. The highest BCUT2D eigenvalue weighted by Crippen LogP contribution is 2.37. The van der Waals surface area contributed by atoms with Gasteiger partial charge in [-0.1, -0.05) is 22.9 Å². The first kappa shape index (κ1) is 19.9. The van der Waals surface area contributed by atoms with Gasteiger partial charge in [-0.05, 0) is 44.0 Å². The van der Waals surface area contributed by atoms with Crippen LogP contribution >= 0.6 is 0 Å². The number of benzene rings is 2. The molecule has 0 saturated heterocycles. The number of aromatic nitrogens is 4. The number of aromatic carboxylic acids is 1. The van der Waals surface area contributed by atoms with Crippen molar-refractivity contribution in [3.8, 4) is 5.69 Å². The van der Waals surface area contributed by atoms with Gasteiger partial charge in [0.05, 0.1) is 18.3 Å². The number of carboxylic acids is 1. The monoisotopic (exact) mass is 433 g/mol. The van der Waals surface area contributed by atoms with E-state index < -0.39 is 17.2 Å². The third kappa shape index (κ3) is 3.62. The number of hydrogen-bond donors (Lipinski definition) is 2. The van der Waals surface area contributed by atoms with E-state index in [1.807, 2.05) is 31.2 Å². The molecule has 2 aromatic carbocycles. The number of anilines is 1. The van der Waals surface area contributed by atoms with Crippen LogP contribution in [0, 0.1) is 12.7 Å². The van der Waals surface area contributed by atoms with E-state index in [1.165, 1.54) is 16.9 Å². The zero-order chi connectivity index (χ0) is 22.4. The number of nitrogens with one attached hydrogen (secondary N) is 1. The molecule has 1 saturated carbocycles. The summed E-state index contributed by atoms with van der Waals surface area (Å²) in [5, 5.41) is 20.8. The quantitative estimate of drug-likeness (QED) is 0.481. The summed E-state index contributed by atoms with van der Waals surface area (Å²) >= 11 is 0. The largest absolute Gasteiger partial charge is 0.477 e. The van der Waals surface area contributed by atoms with E-state index in [1.54, 1.807) is 10.8 Å². The van der Waals surface area contributed by atoms with E-state index in [2.05, 4.69) is 15.6 Å². The van der Waals surface area contributed by atoms with E-state index in [0.717, 1.165) is 30.2 Å². The van der Waals surface area contributed by atoms with Gasteiger partial charge < -0.3 is 15.0 Å². The summed E-state index contributed by atoms with van der Waals surface area (Å²) < 4.78 is 18.0. The molecule has 2 heterocycles. The molecule has 32 heavy (non-hydrogen) atoms. The molecule has 9 heteroatoms. The molecule has 0 unspecified atom stereocenters. The summed E-state index contributed by atoms with van der Waals surface area (Å²) in [6, 6.07) is 10.6. The number of aryl methyl sites for hydroxylation is 1. The maximum Gasteiger partial charge on any atom is 0.341 e. The number of pyridine rings is 1. The van der Waals surface area contributed by atoms with E-state index in [4.69, 9.17) is 0 Å². The van der Waals surface area contributed by atoms with Crippen LogP contribution in [-0.4, -0.2) is 30.6 Å². The van der Waals surface area contributed by atoms with Crippen LogP contribution in [0.25, 0.3) is 16.6 Å². The van der Waals surface area contributed by atoms with Crippen LogP contribution < -0.4 is 10.7 Å². The van der Waals surface area contributed by atoms with E-state index in [-0.39, 0.29) is 22.7 Å². The smallest absolute Gasteiger partial charge is 0.341 e. The lowest BCUT2D eigenvalue weighted by Crippen LogP contribution is -2.19. The Labute approximate surface area is 181 Å². The van der Waals surface area contributed by atoms with Crippen LogP contribution in [0.15, 0.2) is 53.6 Å². The molecule has 8 nitrogen and oxygen atoms in total. The fourth-order valence-corrected chi connectivity index (χ4v) is 3.70. The average Bonchev–Trinajstić information content (AvgIpc) is 3.51. The molecular formula is C23H20FN5O3. The van der Waals surface area contributed by atoms with Gasteiger partial charge in [0.1, 0.15) is 22.8 Å². The maximum atomic E-state index is 15.0. The fraction of sp³-hybridized carbons (Fsp3) is 0.217. The Hall–Kier alpha value is -4.01. The van der Waals surface area contributed by atoms with Gasteiger partial charge in [0.25, 0.3) is 0 Å². The first-order chi connectivity index (χ1) is 15.4. The predicted octanol–water partition coefficient (Wildman–Crippen LogP) is 3.67. The molecule has 1 fully saturated rings. The van der Waals surface area contributed by atoms with Crippen molar-refractivity contribution in [3.05, 3.63) is 81.7 Å². The highest BCUT2D eigenvalue weighted by Gasteiger charge is 2.27. The molecule has 0 bridgehead atoms. The van der Waals surface area contributed by atoms with Crippen LogP contribution in [0.5, 0.6) is 0 Å². The Morgan fingerprint density at radius 1 is 1.22 bits per heavy atom. The number of fused-ring (bicyclic) bond motifs is 1. The minimum atomic E-state index is -1.32. The molecule has 0 spiro atoms. The van der Waals surface area contributed by atoms with Gasteiger partial charge in [-0.3, -0.25) is 4.79 Å². The summed E-state index contributed by atoms with van der Waals surface area (Å²) in [7, 11) is 0. The Morgan fingerprint density at radius 3 is 2.66 bits per heavy atom. The normalized spacial score (nSPS) is 13.4. The van der Waals surface area contributed by atoms with Crippen LogP contribution in [0.1, 0.15) is 40.5 Å². The van der Waals surface area contributed by atoms with Crippen molar-refractivity contribution in [2.75, 3.05) is 5.32 Å². The molecule has 1 aliphatic rings. The molecule has 2 aromatic heterocycles. The van der Waals surface area contributed by atoms with Crippen molar-refractivity contribution in [2.24, 2.45) is 0 Å². The standard InChI is InChI=1S/C23H20FN5O3/c1-13-2-4-14(5-3-13)25-10-15-11-29(27-26-15)21-9-20-17(8-19(21)24)22(30)18(23(31)32)12-28(20)16-6-7-16/h2-5,8-9,11-12,16,25H,6-7,10H2,1H3,(H,31,32). The van der Waals surface area contributed by atoms with Gasteiger partial charge in [0.2, 0.25) is 5.43 Å². The topological polar surface area (TPSA) is 102 Å². The van der Waals surface area contributed by atoms with Gasteiger partial charge in [-0.15, -0.1) is 5.10 Å². The Balaban J connectivity index is 1.51. The van der Waals surface area contributed by atoms with E-state index in [9.17, 15) is 19.1 Å². The number of rotatable bonds is 6. The molecule has 162 valence electrons. The van der Waals surface area contributed by atoms with Gasteiger partial charge in [0, 0.05) is 23.3 Å². The van der Waals surface area contributed by atoms with E-state index >= 15 is 0 Å². The molecule has 0 atom stereocenters. The summed E-state index contributed by atoms with van der Waals surface area (Å²) in [4.78, 5) is 24.1. The number of halogens is 1. The SMILES string of the molecule is Cc1ccc(NCc2cn(-c3cc4c(cc3F)c(=O)c(C(=O)O)cn4C3CC3)nn2)cc1. The molecular weight excluding hydrogens is 413 g/mol. The molecule has 2 N–H and O–H groups in total. The summed E-state index contributed by atoms with van der Waals surface area (Å²) in [6.07, 6.45) is 4.73. The number of carbonyl (C=O) groups is 1. The first-order valence-corrected chi connectivity index (χ1v) is 10.2. The summed E-state index contributed by atoms with van der Waals surface area (Å²) in [5.74, 6) is -2.00. The maximum absolute atomic E-state index is 15.0.